The fraction of sp³-hybridized carbons (Fsp3) is 0.176. The number of Topliss-reactive ketones (excluding diaryl/α,β-unsaturated/α-hetero) is 1. The van der Waals surface area contributed by atoms with Crippen LogP contribution in [0.1, 0.15) is 39.6 Å². The molecule has 0 atom stereocenters. The Morgan fingerprint density at radius 1 is 1.24 bits per heavy atom. The number of ether oxygens (including phenoxy) is 1. The van der Waals surface area contributed by atoms with Gasteiger partial charge in [0.05, 0.1) is 17.7 Å². The quantitative estimate of drug-likeness (QED) is 0.521. The van der Waals surface area contributed by atoms with E-state index in [0.717, 1.165) is 5.56 Å². The molecule has 1 aliphatic rings. The summed E-state index contributed by atoms with van der Waals surface area (Å²) >= 11 is 4.39. The molecule has 1 heterocycles. The third-order valence-electron chi connectivity index (χ3n) is 3.11. The molecule has 0 bridgehead atoms. The molecular weight excluding hydrogens is 284 g/mol. The molecule has 0 saturated heterocycles. The Kier molecular flexibility index (Phi) is 5.17. The van der Waals surface area contributed by atoms with Crippen molar-refractivity contribution in [3.05, 3.63) is 53.1 Å². The fourth-order valence-corrected chi connectivity index (χ4v) is 2.37. The minimum absolute atomic E-state index is 0.00760. The highest BCUT2D eigenvalue weighted by Crippen LogP contribution is 2.35. The molecule has 3 nitrogen and oxygen atoms in total. The molecule has 0 aliphatic carbocycles. The molecule has 1 aromatic carbocycles. The summed E-state index contributed by atoms with van der Waals surface area (Å²) in [6, 6.07) is 1.73. The highest BCUT2D eigenvalue weighted by molar-refractivity contribution is 7.80. The Balaban J connectivity index is 2.45. The van der Waals surface area contributed by atoms with Crippen LogP contribution in [0.3, 0.4) is 0 Å². The highest BCUT2D eigenvalue weighted by atomic mass is 32.1. The summed E-state index contributed by atoms with van der Waals surface area (Å²) < 4.78 is 5.46. The van der Waals surface area contributed by atoms with Gasteiger partial charge in [-0.2, -0.15) is 0 Å². The van der Waals surface area contributed by atoms with Crippen molar-refractivity contribution in [3.8, 4) is 5.75 Å². The van der Waals surface area contributed by atoms with Gasteiger partial charge in [0.1, 0.15) is 5.75 Å². The summed E-state index contributed by atoms with van der Waals surface area (Å²) in [6.07, 6.45) is 12.3. The van der Waals surface area contributed by atoms with Crippen LogP contribution in [0, 0.1) is 0 Å². The lowest BCUT2D eigenvalue weighted by atomic mass is 9.98. The number of benzene rings is 1. The maximum absolute atomic E-state index is 12.0. The van der Waals surface area contributed by atoms with Gasteiger partial charge in [0.15, 0.2) is 12.1 Å². The SMILES string of the molecule is C/C=C/C=C/C=C/c1cc2c(c(C=O)c1S)OCCC2=O. The summed E-state index contributed by atoms with van der Waals surface area (Å²) in [5, 5.41) is 0. The van der Waals surface area contributed by atoms with E-state index in [0.29, 0.717) is 41.1 Å². The number of rotatable bonds is 4. The maximum atomic E-state index is 12.0. The minimum atomic E-state index is -0.00760. The predicted octanol–water partition coefficient (Wildman–Crippen LogP) is 3.90. The van der Waals surface area contributed by atoms with Crippen molar-refractivity contribution < 1.29 is 14.3 Å². The number of carbonyl (C=O) groups excluding carboxylic acids is 2. The topological polar surface area (TPSA) is 43.4 Å². The second-order valence-corrected chi connectivity index (χ2v) is 4.96. The van der Waals surface area contributed by atoms with Crippen molar-refractivity contribution in [2.24, 2.45) is 0 Å². The van der Waals surface area contributed by atoms with E-state index in [1.165, 1.54) is 0 Å². The lowest BCUT2D eigenvalue weighted by molar-refractivity contribution is 0.0932. The summed E-state index contributed by atoms with van der Waals surface area (Å²) in [7, 11) is 0. The maximum Gasteiger partial charge on any atom is 0.170 e. The first-order valence-electron chi connectivity index (χ1n) is 6.66. The summed E-state index contributed by atoms with van der Waals surface area (Å²) in [5.74, 6) is 0.347. The zero-order chi connectivity index (χ0) is 15.2. The van der Waals surface area contributed by atoms with E-state index in [4.69, 9.17) is 4.74 Å². The molecule has 0 fully saturated rings. The van der Waals surface area contributed by atoms with Gasteiger partial charge < -0.3 is 4.74 Å². The zero-order valence-corrected chi connectivity index (χ0v) is 12.6. The van der Waals surface area contributed by atoms with Crippen LogP contribution in [-0.4, -0.2) is 18.7 Å². The first kappa shape index (κ1) is 15.3. The Morgan fingerprint density at radius 2 is 2.00 bits per heavy atom. The number of aldehydes is 1. The standard InChI is InChI=1S/C17H16O3S/c1-2-3-4-5-6-7-12-10-13-15(19)8-9-20-16(13)14(11-18)17(12)21/h2-7,10-11,21H,8-9H2,1H3/b3-2+,5-4+,7-6+. The van der Waals surface area contributed by atoms with Crippen LogP contribution in [0.5, 0.6) is 5.75 Å². The third-order valence-corrected chi connectivity index (χ3v) is 3.61. The molecule has 108 valence electrons. The van der Waals surface area contributed by atoms with Crippen LogP contribution in [0.4, 0.5) is 0 Å². The number of hydrogen-bond donors (Lipinski definition) is 1. The number of ketones is 1. The molecule has 0 saturated carbocycles. The molecule has 0 radical (unpaired) electrons. The van der Waals surface area contributed by atoms with Gasteiger partial charge in [-0.15, -0.1) is 12.6 Å². The van der Waals surface area contributed by atoms with E-state index < -0.39 is 0 Å². The molecule has 0 amide bonds. The second-order valence-electron chi connectivity index (χ2n) is 4.51. The number of hydrogen-bond acceptors (Lipinski definition) is 4. The molecule has 4 heteroatoms. The molecule has 21 heavy (non-hydrogen) atoms. The Hall–Kier alpha value is -2.07. The smallest absolute Gasteiger partial charge is 0.170 e. The van der Waals surface area contributed by atoms with E-state index in [1.807, 2.05) is 43.4 Å². The average Bonchev–Trinajstić information content (AvgIpc) is 2.48. The molecule has 1 aromatic rings. The van der Waals surface area contributed by atoms with Gasteiger partial charge in [-0.3, -0.25) is 9.59 Å². The largest absolute Gasteiger partial charge is 0.492 e. The van der Waals surface area contributed by atoms with Crippen LogP contribution < -0.4 is 4.74 Å². The van der Waals surface area contributed by atoms with Gasteiger partial charge in [-0.05, 0) is 18.6 Å². The normalized spacial score (nSPS) is 14.9. The number of thiol groups is 1. The molecule has 0 spiro atoms. The summed E-state index contributed by atoms with van der Waals surface area (Å²) in [5.41, 5.74) is 1.52. The number of fused-ring (bicyclic) bond motifs is 1. The van der Waals surface area contributed by atoms with Crippen LogP contribution in [0.15, 0.2) is 41.3 Å². The third kappa shape index (κ3) is 3.34. The van der Waals surface area contributed by atoms with E-state index in [-0.39, 0.29) is 5.78 Å². The van der Waals surface area contributed by atoms with E-state index in [1.54, 1.807) is 6.07 Å². The van der Waals surface area contributed by atoms with Crippen LogP contribution in [0.2, 0.25) is 0 Å². The Morgan fingerprint density at radius 3 is 2.71 bits per heavy atom. The van der Waals surface area contributed by atoms with Gasteiger partial charge in [-0.1, -0.05) is 36.5 Å². The van der Waals surface area contributed by atoms with Gasteiger partial charge in [-0.25, -0.2) is 0 Å². The summed E-state index contributed by atoms with van der Waals surface area (Å²) in [4.78, 5) is 23.8. The average molecular weight is 300 g/mol. The van der Waals surface area contributed by atoms with Gasteiger partial charge in [0.2, 0.25) is 0 Å². The van der Waals surface area contributed by atoms with Crippen molar-refractivity contribution in [3.63, 3.8) is 0 Å². The molecular formula is C17H16O3S. The van der Waals surface area contributed by atoms with Crippen LogP contribution in [0.25, 0.3) is 6.08 Å². The zero-order valence-electron chi connectivity index (χ0n) is 11.7. The Labute approximate surface area is 129 Å². The van der Waals surface area contributed by atoms with Gasteiger partial charge >= 0.3 is 0 Å². The fourth-order valence-electron chi connectivity index (χ4n) is 2.08. The lowest BCUT2D eigenvalue weighted by Crippen LogP contribution is -2.17. The van der Waals surface area contributed by atoms with Gasteiger partial charge in [0, 0.05) is 11.3 Å². The number of allylic oxidation sites excluding steroid dienone is 5. The first-order valence-corrected chi connectivity index (χ1v) is 7.11. The van der Waals surface area contributed by atoms with E-state index in [9.17, 15) is 9.59 Å². The second kappa shape index (κ2) is 7.09. The molecule has 1 aliphatic heterocycles. The molecule has 0 aromatic heterocycles. The Bertz CT molecular complexity index is 654. The van der Waals surface area contributed by atoms with Crippen molar-refractivity contribution in [1.29, 1.82) is 0 Å². The van der Waals surface area contributed by atoms with Crippen molar-refractivity contribution >= 4 is 30.8 Å². The monoisotopic (exact) mass is 300 g/mol. The van der Waals surface area contributed by atoms with Gasteiger partial charge in [0.25, 0.3) is 0 Å². The predicted molar refractivity (Wildman–Crippen MR) is 86.5 cm³/mol. The number of carbonyl (C=O) groups is 2. The minimum Gasteiger partial charge on any atom is -0.492 e. The lowest BCUT2D eigenvalue weighted by Gasteiger charge is -2.20. The summed E-state index contributed by atoms with van der Waals surface area (Å²) in [6.45, 7) is 2.24. The van der Waals surface area contributed by atoms with Crippen LogP contribution in [-0.2, 0) is 0 Å². The molecule has 0 N–H and O–H groups in total. The highest BCUT2D eigenvalue weighted by Gasteiger charge is 2.24. The van der Waals surface area contributed by atoms with Crippen molar-refractivity contribution in [2.75, 3.05) is 6.61 Å². The van der Waals surface area contributed by atoms with E-state index in [2.05, 4.69) is 12.6 Å². The molecule has 0 unspecified atom stereocenters. The van der Waals surface area contributed by atoms with Crippen molar-refractivity contribution in [1.82, 2.24) is 0 Å². The van der Waals surface area contributed by atoms with E-state index >= 15 is 0 Å². The first-order chi connectivity index (χ1) is 10.2. The van der Waals surface area contributed by atoms with Crippen molar-refractivity contribution in [2.45, 2.75) is 18.2 Å². The van der Waals surface area contributed by atoms with Crippen LogP contribution >= 0.6 is 12.6 Å². The molecule has 2 rings (SSSR count).